The van der Waals surface area contributed by atoms with Gasteiger partial charge >= 0.3 is 5.97 Å². The van der Waals surface area contributed by atoms with Gasteiger partial charge in [-0.15, -0.1) is 0 Å². The standard InChI is InChI=1S/C23H16BrClN2O4/c24-17-8-4-15(5-9-17)22(21-13-20(21)14-6-10-18(25)11-7-14)26-31-23(28)16-2-1-3-19(12-16)27(29)30/h1-12,20-21H,13H2/b26-22-/t20-,21+/m0/s1. The molecule has 0 radical (unpaired) electrons. The summed E-state index contributed by atoms with van der Waals surface area (Å²) in [4.78, 5) is 28.1. The molecule has 3 aromatic carbocycles. The van der Waals surface area contributed by atoms with Crippen LogP contribution in [0.15, 0.2) is 82.4 Å². The van der Waals surface area contributed by atoms with Crippen LogP contribution in [0.5, 0.6) is 0 Å². The Morgan fingerprint density at radius 3 is 2.45 bits per heavy atom. The van der Waals surface area contributed by atoms with Crippen molar-refractivity contribution in [1.29, 1.82) is 0 Å². The Kier molecular flexibility index (Phi) is 6.15. The highest BCUT2D eigenvalue weighted by molar-refractivity contribution is 9.10. The van der Waals surface area contributed by atoms with E-state index < -0.39 is 10.9 Å². The van der Waals surface area contributed by atoms with Crippen molar-refractivity contribution >= 4 is 44.9 Å². The van der Waals surface area contributed by atoms with Gasteiger partial charge in [-0.3, -0.25) is 10.1 Å². The van der Waals surface area contributed by atoms with Gasteiger partial charge in [0.1, 0.15) is 0 Å². The molecule has 0 bridgehead atoms. The van der Waals surface area contributed by atoms with Crippen LogP contribution < -0.4 is 0 Å². The molecule has 1 aliphatic carbocycles. The predicted molar refractivity (Wildman–Crippen MR) is 121 cm³/mol. The van der Waals surface area contributed by atoms with E-state index in [4.69, 9.17) is 16.4 Å². The van der Waals surface area contributed by atoms with Crippen molar-refractivity contribution in [2.75, 3.05) is 0 Å². The van der Waals surface area contributed by atoms with E-state index in [1.807, 2.05) is 48.5 Å². The Bertz CT molecular complexity index is 1160. The number of benzene rings is 3. The molecule has 2 atom stereocenters. The molecule has 4 rings (SSSR count). The fraction of sp³-hybridized carbons (Fsp3) is 0.130. The number of halogens is 2. The molecule has 156 valence electrons. The molecule has 1 saturated carbocycles. The fourth-order valence-corrected chi connectivity index (χ4v) is 3.81. The Labute approximate surface area is 191 Å². The summed E-state index contributed by atoms with van der Waals surface area (Å²) in [5.41, 5.74) is 2.53. The Morgan fingerprint density at radius 1 is 1.06 bits per heavy atom. The van der Waals surface area contributed by atoms with E-state index >= 15 is 0 Å². The first-order valence-electron chi connectivity index (χ1n) is 9.47. The molecule has 3 aromatic rings. The van der Waals surface area contributed by atoms with Crippen LogP contribution in [0.3, 0.4) is 0 Å². The second-order valence-corrected chi connectivity index (χ2v) is 8.52. The average Bonchev–Trinajstić information content (AvgIpc) is 3.56. The van der Waals surface area contributed by atoms with E-state index in [1.54, 1.807) is 0 Å². The first-order chi connectivity index (χ1) is 14.9. The minimum Gasteiger partial charge on any atom is -0.313 e. The van der Waals surface area contributed by atoms with Crippen molar-refractivity contribution in [3.05, 3.63) is 109 Å². The third kappa shape index (κ3) is 5.00. The molecule has 0 aromatic heterocycles. The summed E-state index contributed by atoms with van der Waals surface area (Å²) < 4.78 is 0.925. The zero-order valence-corrected chi connectivity index (χ0v) is 18.4. The van der Waals surface area contributed by atoms with E-state index in [0.717, 1.165) is 22.0 Å². The van der Waals surface area contributed by atoms with Crippen LogP contribution in [0.4, 0.5) is 5.69 Å². The Balaban J connectivity index is 1.59. The van der Waals surface area contributed by atoms with Gasteiger partial charge in [-0.1, -0.05) is 63.0 Å². The van der Waals surface area contributed by atoms with Crippen LogP contribution in [0.1, 0.15) is 33.8 Å². The first kappa shape index (κ1) is 21.2. The van der Waals surface area contributed by atoms with Gasteiger partial charge in [0.05, 0.1) is 16.2 Å². The van der Waals surface area contributed by atoms with Crippen LogP contribution in [-0.4, -0.2) is 16.6 Å². The summed E-state index contributed by atoms with van der Waals surface area (Å²) >= 11 is 9.41. The highest BCUT2D eigenvalue weighted by atomic mass is 79.9. The molecule has 0 aliphatic heterocycles. The summed E-state index contributed by atoms with van der Waals surface area (Å²) in [5, 5.41) is 15.8. The molecule has 0 unspecified atom stereocenters. The van der Waals surface area contributed by atoms with Crippen molar-refractivity contribution in [2.45, 2.75) is 12.3 Å². The third-order valence-electron chi connectivity index (χ3n) is 5.10. The van der Waals surface area contributed by atoms with Gasteiger partial charge in [0.25, 0.3) is 5.69 Å². The van der Waals surface area contributed by atoms with Crippen LogP contribution in [0.25, 0.3) is 0 Å². The number of hydrogen-bond acceptors (Lipinski definition) is 5. The maximum Gasteiger partial charge on any atom is 0.365 e. The summed E-state index contributed by atoms with van der Waals surface area (Å²) in [7, 11) is 0. The van der Waals surface area contributed by atoms with Gasteiger partial charge in [0.15, 0.2) is 0 Å². The molecular weight excluding hydrogens is 484 g/mol. The van der Waals surface area contributed by atoms with E-state index in [0.29, 0.717) is 10.7 Å². The number of carbonyl (C=O) groups excluding carboxylic acids is 1. The van der Waals surface area contributed by atoms with Crippen molar-refractivity contribution in [3.63, 3.8) is 0 Å². The van der Waals surface area contributed by atoms with Crippen molar-refractivity contribution in [2.24, 2.45) is 11.1 Å². The number of nitro benzene ring substituents is 1. The Hall–Kier alpha value is -3.03. The second-order valence-electron chi connectivity index (χ2n) is 7.17. The minimum absolute atomic E-state index is 0.0677. The summed E-state index contributed by atoms with van der Waals surface area (Å²) in [6.45, 7) is 0. The molecule has 8 heteroatoms. The first-order valence-corrected chi connectivity index (χ1v) is 10.6. The minimum atomic E-state index is -0.748. The lowest BCUT2D eigenvalue weighted by molar-refractivity contribution is -0.384. The number of nitro groups is 1. The number of oxime groups is 1. The smallest absolute Gasteiger partial charge is 0.313 e. The molecule has 0 spiro atoms. The molecule has 1 fully saturated rings. The zero-order valence-electron chi connectivity index (χ0n) is 16.1. The topological polar surface area (TPSA) is 81.8 Å². The average molecular weight is 500 g/mol. The quantitative estimate of drug-likeness (QED) is 0.171. The van der Waals surface area contributed by atoms with Crippen LogP contribution in [0, 0.1) is 16.0 Å². The highest BCUT2D eigenvalue weighted by Gasteiger charge is 2.43. The number of hydrogen-bond donors (Lipinski definition) is 0. The van der Waals surface area contributed by atoms with Gasteiger partial charge in [-0.05, 0) is 53.8 Å². The molecule has 0 heterocycles. The van der Waals surface area contributed by atoms with Crippen molar-refractivity contribution in [3.8, 4) is 0 Å². The fourth-order valence-electron chi connectivity index (χ4n) is 3.42. The van der Waals surface area contributed by atoms with E-state index in [2.05, 4.69) is 21.1 Å². The van der Waals surface area contributed by atoms with E-state index in [1.165, 1.54) is 24.3 Å². The number of carbonyl (C=O) groups is 1. The van der Waals surface area contributed by atoms with E-state index in [-0.39, 0.29) is 23.1 Å². The molecule has 1 aliphatic rings. The van der Waals surface area contributed by atoms with E-state index in [9.17, 15) is 14.9 Å². The highest BCUT2D eigenvalue weighted by Crippen LogP contribution is 2.49. The van der Waals surface area contributed by atoms with Gasteiger partial charge < -0.3 is 4.84 Å². The molecular formula is C23H16BrClN2O4. The Morgan fingerprint density at radius 2 is 1.77 bits per heavy atom. The normalized spacial score (nSPS) is 17.8. The van der Waals surface area contributed by atoms with Gasteiger partial charge in [-0.25, -0.2) is 4.79 Å². The van der Waals surface area contributed by atoms with Crippen molar-refractivity contribution < 1.29 is 14.6 Å². The lowest BCUT2D eigenvalue weighted by Crippen LogP contribution is -2.09. The second kappa shape index (κ2) is 8.99. The van der Waals surface area contributed by atoms with Gasteiger partial charge in [0, 0.05) is 27.5 Å². The molecule has 0 saturated heterocycles. The lowest BCUT2D eigenvalue weighted by atomic mass is 10.0. The molecule has 31 heavy (non-hydrogen) atoms. The third-order valence-corrected chi connectivity index (χ3v) is 5.88. The van der Waals surface area contributed by atoms with Gasteiger partial charge in [0.2, 0.25) is 0 Å². The summed E-state index contributed by atoms with van der Waals surface area (Å²) in [6, 6.07) is 20.7. The number of non-ortho nitro benzene ring substituents is 1. The molecule has 0 amide bonds. The zero-order chi connectivity index (χ0) is 22.0. The van der Waals surface area contributed by atoms with Crippen LogP contribution >= 0.6 is 27.5 Å². The predicted octanol–water partition coefficient (Wildman–Crippen LogP) is 6.38. The molecule has 0 N–H and O–H groups in total. The number of rotatable bonds is 6. The maximum atomic E-state index is 12.5. The molecule has 6 nitrogen and oxygen atoms in total. The SMILES string of the molecule is O=C(O/N=C(/c1ccc(Br)cc1)[C@@H]1C[C@H]1c1ccc(Cl)cc1)c1cccc([N+](=O)[O-])c1. The van der Waals surface area contributed by atoms with Crippen LogP contribution in [-0.2, 0) is 4.84 Å². The summed E-state index contributed by atoms with van der Waals surface area (Å²) in [5.74, 6) is -0.418. The summed E-state index contributed by atoms with van der Waals surface area (Å²) in [6.07, 6.45) is 0.866. The monoisotopic (exact) mass is 498 g/mol. The largest absolute Gasteiger partial charge is 0.365 e. The maximum absolute atomic E-state index is 12.5. The van der Waals surface area contributed by atoms with Gasteiger partial charge in [-0.2, -0.15) is 0 Å². The lowest BCUT2D eigenvalue weighted by Gasteiger charge is -2.07. The van der Waals surface area contributed by atoms with Crippen molar-refractivity contribution in [1.82, 2.24) is 0 Å². The number of nitrogens with zero attached hydrogens (tertiary/aromatic N) is 2. The van der Waals surface area contributed by atoms with Crippen LogP contribution in [0.2, 0.25) is 5.02 Å².